The quantitative estimate of drug-likeness (QED) is 0.680. The second-order valence-electron chi connectivity index (χ2n) is 3.67. The molecule has 1 aromatic carbocycles. The van der Waals surface area contributed by atoms with Crippen molar-refractivity contribution in [3.05, 3.63) is 46.3 Å². The summed E-state index contributed by atoms with van der Waals surface area (Å²) in [6.07, 6.45) is 3.27. The van der Waals surface area contributed by atoms with Crippen molar-refractivity contribution >= 4 is 23.4 Å². The molecular weight excluding hydrogens is 270 g/mol. The van der Waals surface area contributed by atoms with Crippen molar-refractivity contribution < 1.29 is 14.8 Å². The summed E-state index contributed by atoms with van der Waals surface area (Å²) in [5.41, 5.74) is -0.139. The van der Waals surface area contributed by atoms with Crippen molar-refractivity contribution in [1.82, 2.24) is 9.55 Å². The zero-order chi connectivity index (χ0) is 14.0. The van der Waals surface area contributed by atoms with E-state index in [2.05, 4.69) is 4.98 Å². The Balaban J connectivity index is 2.46. The van der Waals surface area contributed by atoms with Crippen LogP contribution in [-0.4, -0.2) is 25.6 Å². The second-order valence-corrected chi connectivity index (χ2v) is 4.68. The molecule has 19 heavy (non-hydrogen) atoms. The summed E-state index contributed by atoms with van der Waals surface area (Å²) in [7, 11) is 1.75. The van der Waals surface area contributed by atoms with E-state index in [1.807, 2.05) is 0 Å². The molecule has 1 heterocycles. The number of hydrogen-bond acceptors (Lipinski definition) is 5. The summed E-state index contributed by atoms with van der Waals surface area (Å²) < 4.78 is 1.70. The highest BCUT2D eigenvalue weighted by Crippen LogP contribution is 2.34. The first-order valence-electron chi connectivity index (χ1n) is 5.16. The number of nitrogens with zero attached hydrogens (tertiary/aromatic N) is 3. The monoisotopic (exact) mass is 279 g/mol. The third-order valence-corrected chi connectivity index (χ3v) is 3.50. The van der Waals surface area contributed by atoms with Gasteiger partial charge in [-0.15, -0.1) is 0 Å². The van der Waals surface area contributed by atoms with E-state index >= 15 is 0 Å². The van der Waals surface area contributed by atoms with Crippen molar-refractivity contribution in [3.63, 3.8) is 0 Å². The number of rotatable bonds is 4. The Morgan fingerprint density at radius 3 is 2.79 bits per heavy atom. The van der Waals surface area contributed by atoms with Gasteiger partial charge in [-0.2, -0.15) is 0 Å². The molecule has 7 nitrogen and oxygen atoms in total. The molecule has 0 aliphatic carbocycles. The molecule has 0 atom stereocenters. The standard InChI is InChI=1S/C11H9N3O4S/c1-13-5-4-12-11(13)19-9-6-7(10(15)16)2-3-8(9)14(17)18/h2-6H,1H3,(H,15,16). The maximum atomic E-state index is 10.9. The number of carbonyl (C=O) groups is 1. The van der Waals surface area contributed by atoms with Gasteiger partial charge >= 0.3 is 5.97 Å². The number of aromatic nitrogens is 2. The average Bonchev–Trinajstić information content (AvgIpc) is 2.74. The van der Waals surface area contributed by atoms with Gasteiger partial charge in [-0.1, -0.05) is 0 Å². The lowest BCUT2D eigenvalue weighted by atomic mass is 10.2. The summed E-state index contributed by atoms with van der Waals surface area (Å²) in [5.74, 6) is -1.13. The Morgan fingerprint density at radius 1 is 1.53 bits per heavy atom. The molecule has 0 spiro atoms. The van der Waals surface area contributed by atoms with Gasteiger partial charge in [0.15, 0.2) is 5.16 Å². The highest BCUT2D eigenvalue weighted by Gasteiger charge is 2.18. The second kappa shape index (κ2) is 5.11. The van der Waals surface area contributed by atoms with Gasteiger partial charge in [0.2, 0.25) is 0 Å². The molecule has 0 aliphatic rings. The van der Waals surface area contributed by atoms with E-state index in [1.54, 1.807) is 24.0 Å². The van der Waals surface area contributed by atoms with E-state index in [0.717, 1.165) is 11.8 Å². The van der Waals surface area contributed by atoms with Gasteiger partial charge in [-0.05, 0) is 23.9 Å². The summed E-state index contributed by atoms with van der Waals surface area (Å²) in [5, 5.41) is 20.4. The number of hydrogen-bond donors (Lipinski definition) is 1. The minimum atomic E-state index is -1.13. The number of benzene rings is 1. The van der Waals surface area contributed by atoms with Gasteiger partial charge < -0.3 is 9.67 Å². The van der Waals surface area contributed by atoms with Crippen LogP contribution < -0.4 is 0 Å². The number of aryl methyl sites for hydroxylation is 1. The van der Waals surface area contributed by atoms with Crippen molar-refractivity contribution in [1.29, 1.82) is 0 Å². The van der Waals surface area contributed by atoms with Crippen LogP contribution in [0.3, 0.4) is 0 Å². The molecule has 1 N–H and O–H groups in total. The Bertz CT molecular complexity index is 653. The summed E-state index contributed by atoms with van der Waals surface area (Å²) in [6, 6.07) is 3.68. The molecule has 0 fully saturated rings. The first-order chi connectivity index (χ1) is 8.99. The number of carboxylic acids is 1. The topological polar surface area (TPSA) is 98.3 Å². The van der Waals surface area contributed by atoms with Crippen LogP contribution in [0.25, 0.3) is 0 Å². The Labute approximate surface area is 112 Å². The van der Waals surface area contributed by atoms with E-state index in [1.165, 1.54) is 18.2 Å². The molecule has 0 unspecified atom stereocenters. The summed E-state index contributed by atoms with van der Waals surface area (Å²) in [6.45, 7) is 0. The zero-order valence-corrected chi connectivity index (χ0v) is 10.6. The number of nitro benzene ring substituents is 1. The SMILES string of the molecule is Cn1ccnc1Sc1cc(C(=O)O)ccc1[N+](=O)[O-]. The van der Waals surface area contributed by atoms with Crippen LogP contribution in [0.5, 0.6) is 0 Å². The molecule has 1 aromatic heterocycles. The molecule has 0 bridgehead atoms. The first kappa shape index (κ1) is 13.1. The molecule has 0 saturated heterocycles. The van der Waals surface area contributed by atoms with Gasteiger partial charge in [-0.3, -0.25) is 10.1 Å². The van der Waals surface area contributed by atoms with Crippen LogP contribution in [0, 0.1) is 10.1 Å². The van der Waals surface area contributed by atoms with Crippen LogP contribution in [0.1, 0.15) is 10.4 Å². The minimum Gasteiger partial charge on any atom is -0.478 e. The highest BCUT2D eigenvalue weighted by atomic mass is 32.2. The van der Waals surface area contributed by atoms with Crippen LogP contribution in [-0.2, 0) is 7.05 Å². The number of carboxylic acid groups (broad SMARTS) is 1. The fraction of sp³-hybridized carbons (Fsp3) is 0.0909. The lowest BCUT2D eigenvalue weighted by Crippen LogP contribution is -1.99. The predicted octanol–water partition coefficient (Wildman–Crippen LogP) is 2.18. The zero-order valence-electron chi connectivity index (χ0n) is 9.81. The average molecular weight is 279 g/mol. The maximum Gasteiger partial charge on any atom is 0.335 e. The molecule has 98 valence electrons. The van der Waals surface area contributed by atoms with Gasteiger partial charge in [0, 0.05) is 25.5 Å². The summed E-state index contributed by atoms with van der Waals surface area (Å²) >= 11 is 1.05. The molecule has 0 radical (unpaired) electrons. The Hall–Kier alpha value is -2.35. The molecule has 0 amide bonds. The van der Waals surface area contributed by atoms with Gasteiger partial charge in [-0.25, -0.2) is 9.78 Å². The number of nitro groups is 1. The molecule has 2 rings (SSSR count). The van der Waals surface area contributed by atoms with Gasteiger partial charge in [0.05, 0.1) is 15.4 Å². The Kier molecular flexibility index (Phi) is 3.52. The van der Waals surface area contributed by atoms with E-state index in [4.69, 9.17) is 5.11 Å². The minimum absolute atomic E-state index is 0.00214. The number of imidazole rings is 1. The molecule has 0 saturated carbocycles. The number of aromatic carboxylic acids is 1. The Morgan fingerprint density at radius 2 is 2.26 bits per heavy atom. The molecular formula is C11H9N3O4S. The largest absolute Gasteiger partial charge is 0.478 e. The van der Waals surface area contributed by atoms with Crippen molar-refractivity contribution in [3.8, 4) is 0 Å². The lowest BCUT2D eigenvalue weighted by molar-refractivity contribution is -0.387. The highest BCUT2D eigenvalue weighted by molar-refractivity contribution is 7.99. The van der Waals surface area contributed by atoms with Crippen LogP contribution in [0.4, 0.5) is 5.69 Å². The lowest BCUT2D eigenvalue weighted by Gasteiger charge is -2.04. The molecule has 0 aliphatic heterocycles. The van der Waals surface area contributed by atoms with Crippen molar-refractivity contribution in [2.24, 2.45) is 7.05 Å². The maximum absolute atomic E-state index is 10.9. The fourth-order valence-electron chi connectivity index (χ4n) is 1.43. The third-order valence-electron chi connectivity index (χ3n) is 2.38. The van der Waals surface area contributed by atoms with Crippen LogP contribution >= 0.6 is 11.8 Å². The van der Waals surface area contributed by atoms with E-state index < -0.39 is 10.9 Å². The van der Waals surface area contributed by atoms with Gasteiger partial charge in [0.1, 0.15) is 0 Å². The van der Waals surface area contributed by atoms with E-state index in [9.17, 15) is 14.9 Å². The van der Waals surface area contributed by atoms with Crippen molar-refractivity contribution in [2.75, 3.05) is 0 Å². The van der Waals surface area contributed by atoms with E-state index in [0.29, 0.717) is 5.16 Å². The van der Waals surface area contributed by atoms with Crippen LogP contribution in [0.15, 0.2) is 40.6 Å². The smallest absolute Gasteiger partial charge is 0.335 e. The molecule has 2 aromatic rings. The summed E-state index contributed by atoms with van der Waals surface area (Å²) in [4.78, 5) is 25.6. The predicted molar refractivity (Wildman–Crippen MR) is 67.4 cm³/mol. The fourth-order valence-corrected chi connectivity index (χ4v) is 2.38. The first-order valence-corrected chi connectivity index (χ1v) is 5.97. The molecule has 8 heteroatoms. The van der Waals surface area contributed by atoms with E-state index in [-0.39, 0.29) is 16.1 Å². The van der Waals surface area contributed by atoms with Crippen LogP contribution in [0.2, 0.25) is 0 Å². The third kappa shape index (κ3) is 2.74. The van der Waals surface area contributed by atoms with Gasteiger partial charge in [0.25, 0.3) is 5.69 Å². The normalized spacial score (nSPS) is 10.4. The van der Waals surface area contributed by atoms with Crippen molar-refractivity contribution in [2.45, 2.75) is 10.1 Å².